The van der Waals surface area contributed by atoms with Crippen molar-refractivity contribution in [2.75, 3.05) is 20.1 Å². The number of halogens is 1. The van der Waals surface area contributed by atoms with Crippen LogP contribution in [0.5, 0.6) is 0 Å². The second-order valence-corrected chi connectivity index (χ2v) is 7.48. The number of rotatable bonds is 2. The molecule has 0 saturated carbocycles. The molecule has 0 radical (unpaired) electrons. The number of likely N-dealkylation sites (tertiary alicyclic amines) is 1. The van der Waals surface area contributed by atoms with Crippen molar-refractivity contribution in [3.63, 3.8) is 0 Å². The Morgan fingerprint density at radius 2 is 2.05 bits per heavy atom. The first kappa shape index (κ1) is 14.0. The molecule has 1 aromatic heterocycles. The van der Waals surface area contributed by atoms with Crippen molar-refractivity contribution >= 4 is 43.3 Å². The lowest BCUT2D eigenvalue weighted by Gasteiger charge is -2.36. The van der Waals surface area contributed by atoms with Crippen molar-refractivity contribution in [2.45, 2.75) is 18.3 Å². The zero-order valence-electron chi connectivity index (χ0n) is 11.2. The van der Waals surface area contributed by atoms with E-state index in [1.807, 2.05) is 19.2 Å². The van der Waals surface area contributed by atoms with Gasteiger partial charge < -0.3 is 10.0 Å². The predicted octanol–water partition coefficient (Wildman–Crippen LogP) is 3.71. The Morgan fingerprint density at radius 1 is 1.35 bits per heavy atom. The first-order chi connectivity index (χ1) is 9.51. The van der Waals surface area contributed by atoms with Gasteiger partial charge in [-0.1, -0.05) is 22.0 Å². The second kappa shape index (κ2) is 5.13. The van der Waals surface area contributed by atoms with E-state index in [1.54, 1.807) is 11.3 Å². The van der Waals surface area contributed by atoms with E-state index in [0.717, 1.165) is 32.5 Å². The van der Waals surface area contributed by atoms with Crippen molar-refractivity contribution < 1.29 is 9.90 Å². The summed E-state index contributed by atoms with van der Waals surface area (Å²) < 4.78 is 2.18. The Bertz CT molecular complexity index is 659. The van der Waals surface area contributed by atoms with Gasteiger partial charge in [-0.25, -0.2) is 0 Å². The van der Waals surface area contributed by atoms with Crippen LogP contribution in [0.4, 0.5) is 0 Å². The number of thiophene rings is 1. The van der Waals surface area contributed by atoms with Gasteiger partial charge in [-0.15, -0.1) is 11.3 Å². The van der Waals surface area contributed by atoms with Crippen molar-refractivity contribution in [2.24, 2.45) is 0 Å². The molecule has 0 aliphatic carbocycles. The highest BCUT2D eigenvalue weighted by atomic mass is 79.9. The normalized spacial score (nSPS) is 19.3. The summed E-state index contributed by atoms with van der Waals surface area (Å²) in [5.74, 6) is -0.684. The van der Waals surface area contributed by atoms with Gasteiger partial charge in [-0.05, 0) is 56.6 Å². The Kier molecular flexibility index (Phi) is 3.60. The smallest absolute Gasteiger partial charge is 0.315 e. The predicted molar refractivity (Wildman–Crippen MR) is 85.6 cm³/mol. The van der Waals surface area contributed by atoms with Crippen molar-refractivity contribution in [3.8, 4) is 0 Å². The lowest BCUT2D eigenvalue weighted by atomic mass is 9.77. The van der Waals surface area contributed by atoms with E-state index in [-0.39, 0.29) is 0 Å². The minimum Gasteiger partial charge on any atom is -0.481 e. The maximum absolute atomic E-state index is 11.9. The minimum absolute atomic E-state index is 0.684. The lowest BCUT2D eigenvalue weighted by molar-refractivity contribution is -0.145. The first-order valence-corrected chi connectivity index (χ1v) is 8.24. The van der Waals surface area contributed by atoms with Gasteiger partial charge in [0, 0.05) is 14.0 Å². The van der Waals surface area contributed by atoms with Gasteiger partial charge in [-0.2, -0.15) is 0 Å². The molecular weight excluding hydrogens is 338 g/mol. The summed E-state index contributed by atoms with van der Waals surface area (Å²) in [5, 5.41) is 10.9. The van der Waals surface area contributed by atoms with Crippen LogP contribution in [0.25, 0.3) is 10.1 Å². The van der Waals surface area contributed by atoms with Crippen molar-refractivity contribution in [3.05, 3.63) is 33.6 Å². The number of hydrogen-bond donors (Lipinski definition) is 1. The Labute approximate surface area is 130 Å². The zero-order valence-corrected chi connectivity index (χ0v) is 13.6. The van der Waals surface area contributed by atoms with E-state index in [4.69, 9.17) is 0 Å². The number of hydrogen-bond acceptors (Lipinski definition) is 3. The summed E-state index contributed by atoms with van der Waals surface area (Å²) in [7, 11) is 2.05. The van der Waals surface area contributed by atoms with E-state index in [0.29, 0.717) is 12.8 Å². The first-order valence-electron chi connectivity index (χ1n) is 6.63. The van der Waals surface area contributed by atoms with Gasteiger partial charge in [0.1, 0.15) is 5.41 Å². The summed E-state index contributed by atoms with van der Waals surface area (Å²) in [4.78, 5) is 15.1. The van der Waals surface area contributed by atoms with Crippen LogP contribution in [-0.4, -0.2) is 36.1 Å². The molecule has 1 saturated heterocycles. The largest absolute Gasteiger partial charge is 0.481 e. The second-order valence-electron chi connectivity index (χ2n) is 5.48. The molecule has 1 N–H and O–H groups in total. The van der Waals surface area contributed by atoms with Crippen LogP contribution < -0.4 is 0 Å². The van der Waals surface area contributed by atoms with Crippen LogP contribution in [0.3, 0.4) is 0 Å². The molecule has 2 aromatic rings. The Morgan fingerprint density at radius 3 is 2.70 bits per heavy atom. The number of piperidine rings is 1. The fourth-order valence-electron chi connectivity index (χ4n) is 2.81. The fourth-order valence-corrected chi connectivity index (χ4v) is 4.66. The monoisotopic (exact) mass is 353 g/mol. The van der Waals surface area contributed by atoms with Crippen LogP contribution in [0.1, 0.15) is 17.7 Å². The summed E-state index contributed by atoms with van der Waals surface area (Å²) in [6, 6.07) is 8.17. The highest BCUT2D eigenvalue weighted by Gasteiger charge is 2.43. The molecule has 0 unspecified atom stereocenters. The molecule has 1 aromatic carbocycles. The maximum Gasteiger partial charge on any atom is 0.315 e. The molecule has 0 atom stereocenters. The van der Waals surface area contributed by atoms with E-state index >= 15 is 0 Å². The number of benzene rings is 1. The summed E-state index contributed by atoms with van der Waals surface area (Å²) in [5.41, 5.74) is -0.706. The minimum atomic E-state index is -0.706. The molecule has 0 spiro atoms. The van der Waals surface area contributed by atoms with Crippen LogP contribution in [0.15, 0.2) is 28.7 Å². The molecule has 20 heavy (non-hydrogen) atoms. The number of carboxylic acid groups (broad SMARTS) is 1. The number of carbonyl (C=O) groups is 1. The zero-order chi connectivity index (χ0) is 14.3. The number of aliphatic carboxylic acids is 1. The van der Waals surface area contributed by atoms with E-state index in [2.05, 4.69) is 33.0 Å². The molecule has 3 rings (SSSR count). The molecule has 0 amide bonds. The van der Waals surface area contributed by atoms with Crippen molar-refractivity contribution in [1.82, 2.24) is 4.90 Å². The standard InChI is InChI=1S/C15H16BrNO2S/c1-17-6-4-15(5-7-17,14(18)19)13-8-10-2-3-11(16)9-12(10)20-13/h2-3,8-9H,4-7H2,1H3,(H,18,19). The SMILES string of the molecule is CN1CCC(C(=O)O)(c2cc3ccc(Br)cc3s2)CC1. The number of carboxylic acids is 1. The Balaban J connectivity index is 2.08. The molecule has 106 valence electrons. The molecule has 5 heteroatoms. The maximum atomic E-state index is 11.9. The number of fused-ring (bicyclic) bond motifs is 1. The van der Waals surface area contributed by atoms with E-state index in [9.17, 15) is 9.90 Å². The molecule has 2 heterocycles. The van der Waals surface area contributed by atoms with Gasteiger partial charge in [-0.3, -0.25) is 4.79 Å². The third-order valence-electron chi connectivity index (χ3n) is 4.20. The van der Waals surface area contributed by atoms with Crippen LogP contribution in [-0.2, 0) is 10.2 Å². The highest BCUT2D eigenvalue weighted by Crippen LogP contribution is 2.42. The van der Waals surface area contributed by atoms with Gasteiger partial charge in [0.25, 0.3) is 0 Å². The molecule has 1 fully saturated rings. The van der Waals surface area contributed by atoms with Crippen LogP contribution >= 0.6 is 27.3 Å². The average molecular weight is 354 g/mol. The Hall–Kier alpha value is -0.910. The lowest BCUT2D eigenvalue weighted by Crippen LogP contribution is -2.45. The topological polar surface area (TPSA) is 40.5 Å². The molecule has 1 aliphatic heterocycles. The summed E-state index contributed by atoms with van der Waals surface area (Å²) in [6.45, 7) is 1.68. The highest BCUT2D eigenvalue weighted by molar-refractivity contribution is 9.10. The van der Waals surface area contributed by atoms with E-state index < -0.39 is 11.4 Å². The number of nitrogens with zero attached hydrogens (tertiary/aromatic N) is 1. The van der Waals surface area contributed by atoms with Gasteiger partial charge >= 0.3 is 5.97 Å². The third-order valence-corrected chi connectivity index (χ3v) is 6.00. The quantitative estimate of drug-likeness (QED) is 0.894. The fraction of sp³-hybridized carbons (Fsp3) is 0.400. The van der Waals surface area contributed by atoms with E-state index in [1.165, 1.54) is 0 Å². The van der Waals surface area contributed by atoms with Gasteiger partial charge in [0.05, 0.1) is 0 Å². The third kappa shape index (κ3) is 2.28. The average Bonchev–Trinajstić information content (AvgIpc) is 2.82. The molecule has 3 nitrogen and oxygen atoms in total. The summed E-state index contributed by atoms with van der Waals surface area (Å²) in [6.07, 6.45) is 1.37. The molecular formula is C15H16BrNO2S. The van der Waals surface area contributed by atoms with Gasteiger partial charge in [0.15, 0.2) is 0 Å². The van der Waals surface area contributed by atoms with Gasteiger partial charge in [0.2, 0.25) is 0 Å². The van der Waals surface area contributed by atoms with Crippen LogP contribution in [0.2, 0.25) is 0 Å². The molecule has 0 bridgehead atoms. The molecule has 1 aliphatic rings. The van der Waals surface area contributed by atoms with Crippen LogP contribution in [0, 0.1) is 0 Å². The van der Waals surface area contributed by atoms with Crippen molar-refractivity contribution in [1.29, 1.82) is 0 Å². The summed E-state index contributed by atoms with van der Waals surface area (Å²) >= 11 is 5.09.